The number of nitrogens with zero attached hydrogens (tertiary/aromatic N) is 1. The molecule has 0 amide bonds. The standard InChI is InChI=1S/C13H17N3O2S2/c1-20(17,18)12-4-2-10(3-5-12)7-15-8-11-9-19-13(6-14)16-11/h2-5,9,15H,6-8,14H2,1H3. The summed E-state index contributed by atoms with van der Waals surface area (Å²) < 4.78 is 22.7. The molecule has 0 fully saturated rings. The first-order valence-corrected chi connectivity index (χ1v) is 8.89. The van der Waals surface area contributed by atoms with E-state index in [4.69, 9.17) is 5.73 Å². The van der Waals surface area contributed by atoms with Crippen LogP contribution in [0.5, 0.6) is 0 Å². The fraction of sp³-hybridized carbons (Fsp3) is 0.308. The van der Waals surface area contributed by atoms with Gasteiger partial charge in [0.25, 0.3) is 0 Å². The number of rotatable bonds is 6. The van der Waals surface area contributed by atoms with Gasteiger partial charge in [-0.1, -0.05) is 12.1 Å². The van der Waals surface area contributed by atoms with E-state index in [2.05, 4.69) is 10.3 Å². The predicted molar refractivity (Wildman–Crippen MR) is 80.1 cm³/mol. The van der Waals surface area contributed by atoms with Crippen LogP contribution >= 0.6 is 11.3 Å². The topological polar surface area (TPSA) is 85.1 Å². The first kappa shape index (κ1) is 15.1. The first-order valence-electron chi connectivity index (χ1n) is 6.12. The third-order valence-corrected chi connectivity index (χ3v) is 4.81. The summed E-state index contributed by atoms with van der Waals surface area (Å²) >= 11 is 1.56. The van der Waals surface area contributed by atoms with Crippen molar-refractivity contribution in [2.45, 2.75) is 24.5 Å². The Morgan fingerprint density at radius 1 is 1.25 bits per heavy atom. The molecule has 1 heterocycles. The summed E-state index contributed by atoms with van der Waals surface area (Å²) in [6, 6.07) is 6.88. The highest BCUT2D eigenvalue weighted by atomic mass is 32.2. The minimum absolute atomic E-state index is 0.341. The Kier molecular flexibility index (Phi) is 4.87. The molecule has 3 N–H and O–H groups in total. The molecule has 108 valence electrons. The van der Waals surface area contributed by atoms with Gasteiger partial charge in [0.1, 0.15) is 5.01 Å². The van der Waals surface area contributed by atoms with Crippen LogP contribution in [0.1, 0.15) is 16.3 Å². The lowest BCUT2D eigenvalue weighted by molar-refractivity contribution is 0.602. The summed E-state index contributed by atoms with van der Waals surface area (Å²) in [4.78, 5) is 4.70. The summed E-state index contributed by atoms with van der Waals surface area (Å²) in [6.45, 7) is 1.81. The number of benzene rings is 1. The molecule has 1 aromatic carbocycles. The molecular weight excluding hydrogens is 294 g/mol. The van der Waals surface area contributed by atoms with Crippen LogP contribution in [0.2, 0.25) is 0 Å². The van der Waals surface area contributed by atoms with Crippen LogP contribution in [0.3, 0.4) is 0 Å². The normalized spacial score (nSPS) is 11.7. The molecule has 0 aliphatic rings. The zero-order valence-corrected chi connectivity index (χ0v) is 12.8. The predicted octanol–water partition coefficient (Wildman–Crippen LogP) is 1.30. The van der Waals surface area contributed by atoms with Gasteiger partial charge in [-0.05, 0) is 17.7 Å². The van der Waals surface area contributed by atoms with Crippen LogP contribution < -0.4 is 11.1 Å². The Hall–Kier alpha value is -1.28. The maximum absolute atomic E-state index is 11.3. The van der Waals surface area contributed by atoms with Gasteiger partial charge in [0.05, 0.1) is 10.6 Å². The Balaban J connectivity index is 1.88. The van der Waals surface area contributed by atoms with Crippen LogP contribution in [-0.4, -0.2) is 19.7 Å². The van der Waals surface area contributed by atoms with Crippen molar-refractivity contribution >= 4 is 21.2 Å². The molecule has 1 aromatic heterocycles. The molecule has 2 aromatic rings. The van der Waals surface area contributed by atoms with Crippen molar-refractivity contribution in [1.29, 1.82) is 0 Å². The molecule has 0 bridgehead atoms. The highest BCUT2D eigenvalue weighted by Gasteiger charge is 2.06. The Morgan fingerprint density at radius 3 is 2.50 bits per heavy atom. The van der Waals surface area contributed by atoms with Gasteiger partial charge in [-0.3, -0.25) is 0 Å². The molecule has 5 nitrogen and oxygen atoms in total. The summed E-state index contributed by atoms with van der Waals surface area (Å²) in [5.41, 5.74) is 7.52. The van der Waals surface area contributed by atoms with Crippen molar-refractivity contribution in [2.75, 3.05) is 6.26 Å². The highest BCUT2D eigenvalue weighted by molar-refractivity contribution is 7.90. The number of sulfone groups is 1. The lowest BCUT2D eigenvalue weighted by Gasteiger charge is -2.04. The summed E-state index contributed by atoms with van der Waals surface area (Å²) in [5.74, 6) is 0. The van der Waals surface area contributed by atoms with E-state index in [1.807, 2.05) is 17.5 Å². The van der Waals surface area contributed by atoms with E-state index in [0.717, 1.165) is 16.3 Å². The zero-order chi connectivity index (χ0) is 14.6. The van der Waals surface area contributed by atoms with Gasteiger partial charge >= 0.3 is 0 Å². The van der Waals surface area contributed by atoms with Crippen molar-refractivity contribution in [2.24, 2.45) is 5.73 Å². The van der Waals surface area contributed by atoms with Gasteiger partial charge in [-0.25, -0.2) is 13.4 Å². The van der Waals surface area contributed by atoms with Crippen molar-refractivity contribution < 1.29 is 8.42 Å². The summed E-state index contributed by atoms with van der Waals surface area (Å²) in [6.07, 6.45) is 1.21. The lowest BCUT2D eigenvalue weighted by Crippen LogP contribution is -2.13. The third kappa shape index (κ3) is 4.11. The van der Waals surface area contributed by atoms with E-state index < -0.39 is 9.84 Å². The number of hydrogen-bond donors (Lipinski definition) is 2. The molecule has 7 heteroatoms. The average Bonchev–Trinajstić information content (AvgIpc) is 2.86. The van der Waals surface area contributed by atoms with E-state index in [-0.39, 0.29) is 0 Å². The molecule has 0 saturated carbocycles. The number of nitrogens with one attached hydrogen (secondary N) is 1. The molecule has 2 rings (SSSR count). The zero-order valence-electron chi connectivity index (χ0n) is 11.2. The van der Waals surface area contributed by atoms with Gasteiger partial charge in [0, 0.05) is 31.3 Å². The van der Waals surface area contributed by atoms with Crippen molar-refractivity contribution in [3.05, 3.63) is 45.9 Å². The Morgan fingerprint density at radius 2 is 1.95 bits per heavy atom. The molecule has 0 unspecified atom stereocenters. The molecular formula is C13H17N3O2S2. The molecule has 20 heavy (non-hydrogen) atoms. The largest absolute Gasteiger partial charge is 0.325 e. The number of hydrogen-bond acceptors (Lipinski definition) is 6. The summed E-state index contributed by atoms with van der Waals surface area (Å²) in [7, 11) is -3.12. The second-order valence-electron chi connectivity index (χ2n) is 4.46. The first-order chi connectivity index (χ1) is 9.49. The molecule has 0 atom stereocenters. The van der Waals surface area contributed by atoms with Crippen LogP contribution in [0, 0.1) is 0 Å². The van der Waals surface area contributed by atoms with E-state index in [1.54, 1.807) is 23.5 Å². The lowest BCUT2D eigenvalue weighted by atomic mass is 10.2. The number of nitrogens with two attached hydrogens (primary N) is 1. The monoisotopic (exact) mass is 311 g/mol. The third-order valence-electron chi connectivity index (χ3n) is 2.76. The van der Waals surface area contributed by atoms with Gasteiger partial charge in [0.2, 0.25) is 0 Å². The van der Waals surface area contributed by atoms with E-state index in [9.17, 15) is 8.42 Å². The molecule has 0 aliphatic carbocycles. The average molecular weight is 311 g/mol. The van der Waals surface area contributed by atoms with Crippen molar-refractivity contribution in [1.82, 2.24) is 10.3 Å². The Labute approximate surface area is 122 Å². The minimum Gasteiger partial charge on any atom is -0.325 e. The SMILES string of the molecule is CS(=O)(=O)c1ccc(CNCc2csc(CN)n2)cc1. The van der Waals surface area contributed by atoms with Gasteiger partial charge in [-0.2, -0.15) is 0 Å². The van der Waals surface area contributed by atoms with Gasteiger partial charge in [0.15, 0.2) is 9.84 Å². The highest BCUT2D eigenvalue weighted by Crippen LogP contribution is 2.11. The molecule has 0 radical (unpaired) electrons. The van der Waals surface area contributed by atoms with Crippen LogP contribution in [-0.2, 0) is 29.5 Å². The maximum Gasteiger partial charge on any atom is 0.175 e. The van der Waals surface area contributed by atoms with Crippen LogP contribution in [0.25, 0.3) is 0 Å². The summed E-state index contributed by atoms with van der Waals surface area (Å²) in [5, 5.41) is 6.19. The van der Waals surface area contributed by atoms with Crippen LogP contribution in [0.4, 0.5) is 0 Å². The second-order valence-corrected chi connectivity index (χ2v) is 7.41. The van der Waals surface area contributed by atoms with Crippen molar-refractivity contribution in [3.63, 3.8) is 0 Å². The van der Waals surface area contributed by atoms with E-state index in [0.29, 0.717) is 24.5 Å². The molecule has 0 spiro atoms. The van der Waals surface area contributed by atoms with E-state index in [1.165, 1.54) is 6.26 Å². The smallest absolute Gasteiger partial charge is 0.175 e. The second kappa shape index (κ2) is 6.45. The molecule has 0 saturated heterocycles. The van der Waals surface area contributed by atoms with Crippen LogP contribution in [0.15, 0.2) is 34.5 Å². The number of aromatic nitrogens is 1. The number of thiazole rings is 1. The van der Waals surface area contributed by atoms with Gasteiger partial charge < -0.3 is 11.1 Å². The fourth-order valence-corrected chi connectivity index (χ4v) is 3.02. The van der Waals surface area contributed by atoms with Crippen molar-refractivity contribution in [3.8, 4) is 0 Å². The quantitative estimate of drug-likeness (QED) is 0.840. The Bertz CT molecular complexity index is 663. The van der Waals surface area contributed by atoms with E-state index >= 15 is 0 Å². The molecule has 0 aliphatic heterocycles. The maximum atomic E-state index is 11.3. The minimum atomic E-state index is -3.12. The van der Waals surface area contributed by atoms with Gasteiger partial charge in [-0.15, -0.1) is 11.3 Å². The fourth-order valence-electron chi connectivity index (χ4n) is 1.71.